The van der Waals surface area contributed by atoms with Gasteiger partial charge in [0.05, 0.1) is 0 Å². The van der Waals surface area contributed by atoms with Gasteiger partial charge in [0.25, 0.3) is 0 Å². The molecule has 88 valence electrons. The SMILES string of the molecule is C1=CC2=CC=C1C21CCCCC12C1=CC=C2C=C1. The molecule has 5 aliphatic rings. The van der Waals surface area contributed by atoms with Gasteiger partial charge >= 0.3 is 0 Å². The van der Waals surface area contributed by atoms with Gasteiger partial charge in [0.15, 0.2) is 0 Å². The summed E-state index contributed by atoms with van der Waals surface area (Å²) in [6.45, 7) is 0. The molecule has 0 amide bonds. The first kappa shape index (κ1) is 9.38. The van der Waals surface area contributed by atoms with Crippen LogP contribution in [-0.4, -0.2) is 0 Å². The minimum Gasteiger partial charge on any atom is -0.0578 e. The van der Waals surface area contributed by atoms with Gasteiger partial charge in [-0.3, -0.25) is 0 Å². The zero-order valence-corrected chi connectivity index (χ0v) is 10.4. The van der Waals surface area contributed by atoms with Crippen LogP contribution in [0, 0.1) is 10.8 Å². The van der Waals surface area contributed by atoms with Gasteiger partial charge in [-0.15, -0.1) is 0 Å². The standard InChI is InChI=1S/C18H16/c1-2-12-18(15-7-8-16(18)10-9-15)17(11-1)13-3-4-14(17)6-5-13/h3-10H,1-2,11-12H2. The number of hydrogen-bond donors (Lipinski definition) is 0. The van der Waals surface area contributed by atoms with Crippen molar-refractivity contribution in [1.82, 2.24) is 0 Å². The van der Waals surface area contributed by atoms with Crippen LogP contribution in [0.15, 0.2) is 70.9 Å². The highest BCUT2D eigenvalue weighted by atomic mass is 14.6. The molecule has 1 saturated carbocycles. The summed E-state index contributed by atoms with van der Waals surface area (Å²) in [5.41, 5.74) is 6.87. The monoisotopic (exact) mass is 232 g/mol. The summed E-state index contributed by atoms with van der Waals surface area (Å²) in [6.07, 6.45) is 24.3. The summed E-state index contributed by atoms with van der Waals surface area (Å²) in [5.74, 6) is 0. The van der Waals surface area contributed by atoms with Gasteiger partial charge in [0, 0.05) is 10.8 Å². The molecular formula is C18H16. The Hall–Kier alpha value is -1.56. The molecule has 0 nitrogen and oxygen atoms in total. The summed E-state index contributed by atoms with van der Waals surface area (Å²) in [6, 6.07) is 0. The fourth-order valence-electron chi connectivity index (χ4n) is 5.18. The molecule has 0 aliphatic heterocycles. The minimum absolute atomic E-state index is 0.295. The molecule has 5 aliphatic carbocycles. The van der Waals surface area contributed by atoms with Gasteiger partial charge in [0.1, 0.15) is 0 Å². The van der Waals surface area contributed by atoms with Gasteiger partial charge in [0.2, 0.25) is 0 Å². The number of rotatable bonds is 0. The Bertz CT molecular complexity index is 542. The van der Waals surface area contributed by atoms with Crippen LogP contribution in [0.3, 0.4) is 0 Å². The molecule has 0 radical (unpaired) electrons. The van der Waals surface area contributed by atoms with Crippen LogP contribution in [0.1, 0.15) is 25.7 Å². The van der Waals surface area contributed by atoms with Gasteiger partial charge in [-0.2, -0.15) is 0 Å². The van der Waals surface area contributed by atoms with E-state index >= 15 is 0 Å². The Labute approximate surface area is 108 Å². The summed E-state index contributed by atoms with van der Waals surface area (Å²) in [7, 11) is 0. The lowest BCUT2D eigenvalue weighted by Crippen LogP contribution is -2.44. The summed E-state index contributed by atoms with van der Waals surface area (Å²) < 4.78 is 0. The number of hydrogen-bond acceptors (Lipinski definition) is 0. The molecule has 0 saturated heterocycles. The summed E-state index contributed by atoms with van der Waals surface area (Å²) in [4.78, 5) is 0. The highest BCUT2D eigenvalue weighted by Crippen LogP contribution is 2.72. The molecule has 2 spiro atoms. The third kappa shape index (κ3) is 0.714. The molecule has 1 fully saturated rings. The van der Waals surface area contributed by atoms with Gasteiger partial charge in [-0.25, -0.2) is 0 Å². The summed E-state index contributed by atoms with van der Waals surface area (Å²) in [5, 5.41) is 0. The van der Waals surface area contributed by atoms with Crippen LogP contribution in [0.2, 0.25) is 0 Å². The van der Waals surface area contributed by atoms with E-state index in [4.69, 9.17) is 0 Å². The van der Waals surface area contributed by atoms with Crippen LogP contribution in [-0.2, 0) is 0 Å². The van der Waals surface area contributed by atoms with Crippen molar-refractivity contribution in [3.05, 3.63) is 70.9 Å². The Balaban J connectivity index is 1.82. The lowest BCUT2D eigenvalue weighted by atomic mass is 9.50. The van der Waals surface area contributed by atoms with E-state index in [1.807, 2.05) is 0 Å². The molecule has 0 unspecified atom stereocenters. The first-order chi connectivity index (χ1) is 8.88. The maximum absolute atomic E-state index is 2.36. The molecule has 0 heterocycles. The molecule has 0 heteroatoms. The maximum atomic E-state index is 2.36. The first-order valence-electron chi connectivity index (χ1n) is 7.10. The Morgan fingerprint density at radius 2 is 0.889 bits per heavy atom. The zero-order valence-electron chi connectivity index (χ0n) is 10.4. The average Bonchev–Trinajstić information content (AvgIpc) is 3.14. The van der Waals surface area contributed by atoms with E-state index in [0.717, 1.165) is 0 Å². The van der Waals surface area contributed by atoms with Crippen LogP contribution in [0.25, 0.3) is 0 Å². The van der Waals surface area contributed by atoms with E-state index in [0.29, 0.717) is 10.8 Å². The molecule has 18 heavy (non-hydrogen) atoms. The lowest BCUT2D eigenvalue weighted by Gasteiger charge is -2.51. The Kier molecular flexibility index (Phi) is 1.41. The Morgan fingerprint density at radius 1 is 0.556 bits per heavy atom. The average molecular weight is 232 g/mol. The fraction of sp³-hybridized carbons (Fsp3) is 0.333. The normalized spacial score (nSPS) is 31.1. The lowest BCUT2D eigenvalue weighted by molar-refractivity contribution is 0.150. The zero-order chi connectivity index (χ0) is 11.8. The van der Waals surface area contributed by atoms with Crippen molar-refractivity contribution < 1.29 is 0 Å². The highest BCUT2D eigenvalue weighted by Gasteiger charge is 2.62. The van der Waals surface area contributed by atoms with Crippen molar-refractivity contribution in [1.29, 1.82) is 0 Å². The molecular weight excluding hydrogens is 216 g/mol. The van der Waals surface area contributed by atoms with Gasteiger partial charge in [-0.1, -0.05) is 61.4 Å². The van der Waals surface area contributed by atoms with E-state index in [-0.39, 0.29) is 0 Å². The molecule has 0 aromatic heterocycles. The molecule has 0 aromatic carbocycles. The fourth-order valence-corrected chi connectivity index (χ4v) is 5.18. The second-order valence-corrected chi connectivity index (χ2v) is 6.17. The van der Waals surface area contributed by atoms with Gasteiger partial charge < -0.3 is 0 Å². The van der Waals surface area contributed by atoms with E-state index in [2.05, 4.69) is 48.6 Å². The second kappa shape index (κ2) is 2.71. The first-order valence-corrected chi connectivity index (χ1v) is 7.10. The van der Waals surface area contributed by atoms with Crippen molar-refractivity contribution in [2.45, 2.75) is 25.7 Å². The molecule has 0 N–H and O–H groups in total. The van der Waals surface area contributed by atoms with Crippen LogP contribution in [0.4, 0.5) is 0 Å². The largest absolute Gasteiger partial charge is 0.0578 e. The van der Waals surface area contributed by atoms with E-state index in [1.54, 1.807) is 22.3 Å². The van der Waals surface area contributed by atoms with Crippen molar-refractivity contribution in [2.24, 2.45) is 10.8 Å². The summed E-state index contributed by atoms with van der Waals surface area (Å²) >= 11 is 0. The van der Waals surface area contributed by atoms with E-state index in [1.165, 1.54) is 25.7 Å². The third-order valence-electron chi connectivity index (χ3n) is 5.82. The molecule has 0 aromatic rings. The number of allylic oxidation sites excluding steroid dienone is 12. The minimum atomic E-state index is 0.295. The van der Waals surface area contributed by atoms with Crippen molar-refractivity contribution in [3.8, 4) is 0 Å². The molecule has 4 bridgehead atoms. The third-order valence-corrected chi connectivity index (χ3v) is 5.82. The predicted molar refractivity (Wildman–Crippen MR) is 73.9 cm³/mol. The maximum Gasteiger partial charge on any atom is 0.0340 e. The highest BCUT2D eigenvalue weighted by molar-refractivity contribution is 5.70. The van der Waals surface area contributed by atoms with Gasteiger partial charge in [-0.05, 0) is 35.1 Å². The predicted octanol–water partition coefficient (Wildman–Crippen LogP) is 4.41. The Morgan fingerprint density at radius 3 is 1.17 bits per heavy atom. The molecule has 0 atom stereocenters. The topological polar surface area (TPSA) is 0 Å². The van der Waals surface area contributed by atoms with Crippen molar-refractivity contribution in [2.75, 3.05) is 0 Å². The van der Waals surface area contributed by atoms with Crippen LogP contribution in [0.5, 0.6) is 0 Å². The van der Waals surface area contributed by atoms with Crippen molar-refractivity contribution in [3.63, 3.8) is 0 Å². The smallest absolute Gasteiger partial charge is 0.0340 e. The van der Waals surface area contributed by atoms with E-state index < -0.39 is 0 Å². The van der Waals surface area contributed by atoms with Crippen LogP contribution < -0.4 is 0 Å². The quantitative estimate of drug-likeness (QED) is 0.580. The van der Waals surface area contributed by atoms with E-state index in [9.17, 15) is 0 Å². The molecule has 5 rings (SSSR count). The van der Waals surface area contributed by atoms with Crippen molar-refractivity contribution >= 4 is 0 Å². The van der Waals surface area contributed by atoms with Crippen LogP contribution >= 0.6 is 0 Å². The second-order valence-electron chi connectivity index (χ2n) is 6.17.